The van der Waals surface area contributed by atoms with E-state index in [1.165, 1.54) is 18.9 Å². The molecule has 3 aromatic rings. The number of carbonyl (C=O) groups excluding carboxylic acids is 1. The summed E-state index contributed by atoms with van der Waals surface area (Å²) in [7, 11) is 0. The smallest absolute Gasteiger partial charge is 0.251 e. The fraction of sp³-hybridized carbons (Fsp3) is 0.464. The van der Waals surface area contributed by atoms with Gasteiger partial charge in [-0.15, -0.1) is 0 Å². The lowest BCUT2D eigenvalue weighted by Crippen LogP contribution is -2.42. The lowest BCUT2D eigenvalue weighted by molar-refractivity contribution is 0.0839. The Hall–Kier alpha value is -3.50. The maximum Gasteiger partial charge on any atom is 0.251 e. The van der Waals surface area contributed by atoms with E-state index in [1.807, 2.05) is 18.7 Å². The zero-order chi connectivity index (χ0) is 26.6. The zero-order valence-electron chi connectivity index (χ0n) is 21.8. The van der Waals surface area contributed by atoms with Crippen LogP contribution < -0.4 is 15.4 Å². The number of ether oxygens (including phenoxy) is 1. The minimum absolute atomic E-state index is 0.102. The Morgan fingerprint density at radius 2 is 2.13 bits per heavy atom. The van der Waals surface area contributed by atoms with E-state index >= 15 is 4.39 Å². The quantitative estimate of drug-likeness (QED) is 0.370. The molecule has 2 aliphatic rings. The Kier molecular flexibility index (Phi) is 7.90. The average Bonchev–Trinajstić information content (AvgIpc) is 3.30. The first-order valence-electron chi connectivity index (χ1n) is 13.1. The number of halogens is 1. The molecule has 10 heteroatoms. The summed E-state index contributed by atoms with van der Waals surface area (Å²) in [4.78, 5) is 23.0. The van der Waals surface area contributed by atoms with Crippen molar-refractivity contribution in [1.82, 2.24) is 20.2 Å². The maximum absolute atomic E-state index is 15.1. The highest BCUT2D eigenvalue weighted by atomic mass is 19.1. The summed E-state index contributed by atoms with van der Waals surface area (Å²) in [5.74, 6) is 1.21. The molecule has 1 aromatic carbocycles. The second-order valence-corrected chi connectivity index (χ2v) is 10.1. The molecule has 1 aliphatic heterocycles. The summed E-state index contributed by atoms with van der Waals surface area (Å²) in [5, 5.41) is 16.7. The van der Waals surface area contributed by atoms with Crippen molar-refractivity contribution in [3.63, 3.8) is 0 Å². The number of fused-ring (bicyclic) bond motifs is 1. The number of pyridine rings is 1. The first kappa shape index (κ1) is 26.1. The van der Waals surface area contributed by atoms with Crippen LogP contribution in [0, 0.1) is 19.7 Å². The van der Waals surface area contributed by atoms with Crippen LogP contribution in [0.3, 0.4) is 0 Å². The number of nitrogens with one attached hydrogen (secondary N) is 2. The number of rotatable bonds is 10. The summed E-state index contributed by atoms with van der Waals surface area (Å²) in [6.45, 7) is 5.44. The number of nitrogens with zero attached hydrogens (tertiary/aromatic N) is 3. The number of oxazole rings is 1. The third-order valence-corrected chi connectivity index (χ3v) is 7.44. The number of carbonyl (C=O) groups is 1. The second kappa shape index (κ2) is 11.5. The summed E-state index contributed by atoms with van der Waals surface area (Å²) in [6.07, 6.45) is 6.28. The third kappa shape index (κ3) is 5.97. The van der Waals surface area contributed by atoms with Crippen molar-refractivity contribution in [2.45, 2.75) is 64.8 Å². The van der Waals surface area contributed by atoms with Gasteiger partial charge in [-0.2, -0.15) is 0 Å². The molecule has 2 aromatic heterocycles. The average molecular weight is 524 g/mol. The lowest BCUT2D eigenvalue weighted by atomic mass is 9.93. The van der Waals surface area contributed by atoms with Gasteiger partial charge in [0.25, 0.3) is 5.91 Å². The number of amides is 1. The molecule has 1 atom stereocenters. The van der Waals surface area contributed by atoms with E-state index in [9.17, 15) is 9.90 Å². The van der Waals surface area contributed by atoms with E-state index in [-0.39, 0.29) is 24.9 Å². The number of aromatic nitrogens is 2. The fourth-order valence-corrected chi connectivity index (χ4v) is 4.91. The number of aryl methyl sites for hydroxylation is 1. The molecule has 1 fully saturated rings. The third-order valence-electron chi connectivity index (χ3n) is 7.44. The molecule has 9 nitrogen and oxygen atoms in total. The molecule has 3 N–H and O–H groups in total. The van der Waals surface area contributed by atoms with Gasteiger partial charge >= 0.3 is 0 Å². The normalized spacial score (nSPS) is 16.4. The monoisotopic (exact) mass is 523 g/mol. The number of anilines is 1. The van der Waals surface area contributed by atoms with E-state index in [0.29, 0.717) is 60.6 Å². The summed E-state index contributed by atoms with van der Waals surface area (Å²) in [5.41, 5.74) is 3.72. The Morgan fingerprint density at radius 3 is 2.87 bits per heavy atom. The van der Waals surface area contributed by atoms with Crippen LogP contribution in [0.5, 0.6) is 5.75 Å². The number of β-amino-alcohol motifs (C(OH)–C–C–N with tert-alkyl or cyclic N) is 1. The van der Waals surface area contributed by atoms with Crippen molar-refractivity contribution in [2.75, 3.05) is 25.0 Å². The van der Waals surface area contributed by atoms with E-state index in [4.69, 9.17) is 9.15 Å². The van der Waals surface area contributed by atoms with E-state index < -0.39 is 6.10 Å². The van der Waals surface area contributed by atoms with Gasteiger partial charge in [0.1, 0.15) is 24.0 Å². The van der Waals surface area contributed by atoms with Gasteiger partial charge in [0.2, 0.25) is 0 Å². The van der Waals surface area contributed by atoms with Gasteiger partial charge in [-0.1, -0.05) is 0 Å². The van der Waals surface area contributed by atoms with Crippen molar-refractivity contribution in [3.8, 4) is 5.75 Å². The molecule has 1 aliphatic carbocycles. The largest absolute Gasteiger partial charge is 0.485 e. The Morgan fingerprint density at radius 1 is 1.29 bits per heavy atom. The lowest BCUT2D eigenvalue weighted by Gasteiger charge is -2.32. The summed E-state index contributed by atoms with van der Waals surface area (Å²) >= 11 is 0. The Labute approximate surface area is 221 Å². The fourth-order valence-electron chi connectivity index (χ4n) is 4.91. The van der Waals surface area contributed by atoms with Gasteiger partial charge in [0, 0.05) is 55.6 Å². The molecule has 0 radical (unpaired) electrons. The van der Waals surface area contributed by atoms with Gasteiger partial charge in [0.15, 0.2) is 12.2 Å². The first-order chi connectivity index (χ1) is 18.4. The SMILES string of the molecule is Cc1ncoc1COc1cc(F)c2c(c1C)CCN(CC(O)CNC(=O)c1ccnc(NC3CCC3)c1)C2. The summed E-state index contributed by atoms with van der Waals surface area (Å²) in [6, 6.07) is 5.24. The highest BCUT2D eigenvalue weighted by Gasteiger charge is 2.25. The van der Waals surface area contributed by atoms with Crippen molar-refractivity contribution in [2.24, 2.45) is 0 Å². The standard InChI is InChI=1S/C28H34FN5O4/c1-17-22-7-9-34(14-23(22)24(29)11-25(17)37-15-26-18(2)32-16-38-26)13-21(35)12-31-28(36)19-6-8-30-27(10-19)33-20-4-3-5-20/h6,8,10-11,16,20-21,35H,3-5,7,9,12-15H2,1-2H3,(H,30,33)(H,31,36). The topological polar surface area (TPSA) is 113 Å². The van der Waals surface area contributed by atoms with Crippen molar-refractivity contribution >= 4 is 11.7 Å². The summed E-state index contributed by atoms with van der Waals surface area (Å²) < 4.78 is 26.2. The van der Waals surface area contributed by atoms with Gasteiger partial charge in [-0.25, -0.2) is 14.4 Å². The van der Waals surface area contributed by atoms with Gasteiger partial charge in [-0.3, -0.25) is 9.69 Å². The minimum Gasteiger partial charge on any atom is -0.485 e. The second-order valence-electron chi connectivity index (χ2n) is 10.1. The zero-order valence-corrected chi connectivity index (χ0v) is 21.8. The number of hydrogen-bond donors (Lipinski definition) is 3. The number of aliphatic hydroxyl groups excluding tert-OH is 1. The highest BCUT2D eigenvalue weighted by molar-refractivity contribution is 5.94. The Bertz CT molecular complexity index is 1290. The molecule has 0 saturated heterocycles. The molecule has 0 spiro atoms. The van der Waals surface area contributed by atoms with E-state index in [2.05, 4.69) is 20.6 Å². The van der Waals surface area contributed by atoms with Gasteiger partial charge in [0.05, 0.1) is 11.8 Å². The molecule has 1 amide bonds. The molecule has 1 unspecified atom stereocenters. The van der Waals surface area contributed by atoms with Crippen LogP contribution in [0.2, 0.25) is 0 Å². The number of hydrogen-bond acceptors (Lipinski definition) is 8. The predicted molar refractivity (Wildman–Crippen MR) is 140 cm³/mol. The molecule has 202 valence electrons. The van der Waals surface area contributed by atoms with E-state index in [1.54, 1.807) is 18.3 Å². The highest BCUT2D eigenvalue weighted by Crippen LogP contribution is 2.32. The van der Waals surface area contributed by atoms with Gasteiger partial charge in [-0.05, 0) is 62.8 Å². The van der Waals surface area contributed by atoms with Crippen LogP contribution in [0.25, 0.3) is 0 Å². The molecule has 3 heterocycles. The van der Waals surface area contributed by atoms with Crippen LogP contribution in [-0.2, 0) is 19.6 Å². The number of aliphatic hydroxyl groups is 1. The van der Waals surface area contributed by atoms with Crippen molar-refractivity contribution in [3.05, 3.63) is 70.3 Å². The van der Waals surface area contributed by atoms with Crippen molar-refractivity contribution < 1.29 is 23.4 Å². The van der Waals surface area contributed by atoms with Crippen LogP contribution in [0.1, 0.15) is 57.8 Å². The number of benzene rings is 1. The first-order valence-corrected chi connectivity index (χ1v) is 13.1. The molecular weight excluding hydrogens is 489 g/mol. The van der Waals surface area contributed by atoms with Crippen LogP contribution in [0.4, 0.5) is 10.2 Å². The molecule has 0 bridgehead atoms. The minimum atomic E-state index is -0.785. The molecule has 38 heavy (non-hydrogen) atoms. The van der Waals surface area contributed by atoms with Crippen molar-refractivity contribution in [1.29, 1.82) is 0 Å². The molecular formula is C28H34FN5O4. The van der Waals surface area contributed by atoms with Crippen LogP contribution in [-0.4, -0.2) is 57.7 Å². The molecule has 1 saturated carbocycles. The Balaban J connectivity index is 1.13. The molecule has 5 rings (SSSR count). The van der Waals surface area contributed by atoms with Crippen LogP contribution >= 0.6 is 0 Å². The maximum atomic E-state index is 15.1. The van der Waals surface area contributed by atoms with E-state index in [0.717, 1.165) is 29.7 Å². The predicted octanol–water partition coefficient (Wildman–Crippen LogP) is 3.52. The van der Waals surface area contributed by atoms with Gasteiger partial charge < -0.3 is 24.9 Å². The van der Waals surface area contributed by atoms with Crippen LogP contribution in [0.15, 0.2) is 35.2 Å².